The molecule has 0 bridgehead atoms. The zero-order chi connectivity index (χ0) is 21.6. The first-order valence-corrected chi connectivity index (χ1v) is 11.8. The van der Waals surface area contributed by atoms with E-state index in [2.05, 4.69) is 17.6 Å². The van der Waals surface area contributed by atoms with E-state index in [1.54, 1.807) is 12.1 Å². The zero-order valence-electron chi connectivity index (χ0n) is 18.7. The van der Waals surface area contributed by atoms with Crippen LogP contribution in [0.5, 0.6) is 0 Å². The highest BCUT2D eigenvalue weighted by Gasteiger charge is 2.47. The van der Waals surface area contributed by atoms with E-state index >= 15 is 0 Å². The van der Waals surface area contributed by atoms with Gasteiger partial charge in [-0.3, -0.25) is 0 Å². The van der Waals surface area contributed by atoms with Crippen LogP contribution in [0, 0.1) is 35.9 Å². The second kappa shape index (κ2) is 7.74. The summed E-state index contributed by atoms with van der Waals surface area (Å²) < 4.78 is 22.5. The quantitative estimate of drug-likeness (QED) is 0.571. The molecule has 1 heterocycles. The van der Waals surface area contributed by atoms with Gasteiger partial charge in [0.05, 0.1) is 12.3 Å². The number of hydrogen-bond donors (Lipinski definition) is 0. The van der Waals surface area contributed by atoms with Gasteiger partial charge in [0.1, 0.15) is 23.3 Å². The Hall–Kier alpha value is -2.19. The second-order valence-electron chi connectivity index (χ2n) is 10.4. The molecule has 4 nitrogen and oxygen atoms in total. The van der Waals surface area contributed by atoms with Gasteiger partial charge in [0.15, 0.2) is 5.69 Å². The normalized spacial score (nSPS) is 28.5. The SMILES string of the molecule is Cc1c(C#N)nc([C@]2(OCC3CC3)CC[C@](C)(c3ccc(F)cc3)CC2)n1CC1CC1. The molecular weight excluding hydrogens is 389 g/mol. The summed E-state index contributed by atoms with van der Waals surface area (Å²) in [5, 5.41) is 9.67. The maximum absolute atomic E-state index is 13.5. The van der Waals surface area contributed by atoms with Gasteiger partial charge >= 0.3 is 0 Å². The number of ether oxygens (including phenoxy) is 1. The number of halogens is 1. The van der Waals surface area contributed by atoms with E-state index in [1.807, 2.05) is 19.1 Å². The van der Waals surface area contributed by atoms with Gasteiger partial charge in [-0.15, -0.1) is 0 Å². The molecule has 164 valence electrons. The van der Waals surface area contributed by atoms with Gasteiger partial charge in [0, 0.05) is 6.54 Å². The second-order valence-corrected chi connectivity index (χ2v) is 10.4. The van der Waals surface area contributed by atoms with E-state index in [0.717, 1.165) is 50.4 Å². The van der Waals surface area contributed by atoms with Crippen LogP contribution in [0.2, 0.25) is 0 Å². The summed E-state index contributed by atoms with van der Waals surface area (Å²) in [4.78, 5) is 4.86. The Morgan fingerprint density at radius 1 is 1.10 bits per heavy atom. The smallest absolute Gasteiger partial charge is 0.161 e. The molecule has 3 aliphatic carbocycles. The summed E-state index contributed by atoms with van der Waals surface area (Å²) in [6, 6.07) is 9.30. The lowest BCUT2D eigenvalue weighted by atomic mass is 9.66. The molecule has 0 atom stereocenters. The molecule has 1 aromatic heterocycles. The topological polar surface area (TPSA) is 50.8 Å². The molecule has 0 N–H and O–H groups in total. The van der Waals surface area contributed by atoms with E-state index in [1.165, 1.54) is 31.2 Å². The van der Waals surface area contributed by atoms with Crippen LogP contribution < -0.4 is 0 Å². The molecule has 0 radical (unpaired) electrons. The predicted molar refractivity (Wildman–Crippen MR) is 117 cm³/mol. The maximum Gasteiger partial charge on any atom is 0.161 e. The van der Waals surface area contributed by atoms with Crippen LogP contribution in [0.15, 0.2) is 24.3 Å². The van der Waals surface area contributed by atoms with Gasteiger partial charge in [0.25, 0.3) is 0 Å². The minimum Gasteiger partial charge on any atom is -0.367 e. The fourth-order valence-corrected chi connectivity index (χ4v) is 5.11. The molecule has 2 aromatic rings. The predicted octanol–water partition coefficient (Wildman–Crippen LogP) is 5.77. The van der Waals surface area contributed by atoms with E-state index < -0.39 is 5.60 Å². The van der Waals surface area contributed by atoms with Crippen LogP contribution in [-0.4, -0.2) is 16.2 Å². The number of aromatic nitrogens is 2. The average Bonchev–Trinajstić information content (AvgIpc) is 3.69. The number of nitriles is 1. The van der Waals surface area contributed by atoms with Crippen LogP contribution in [0.1, 0.15) is 81.1 Å². The number of imidazole rings is 1. The molecule has 3 aliphatic rings. The number of nitrogens with zero attached hydrogens (tertiary/aromatic N) is 3. The minimum atomic E-state index is -0.434. The van der Waals surface area contributed by atoms with Crippen molar-refractivity contribution < 1.29 is 9.13 Å². The number of benzene rings is 1. The monoisotopic (exact) mass is 421 g/mol. The molecule has 0 amide bonds. The third-order valence-corrected chi connectivity index (χ3v) is 7.87. The molecule has 5 rings (SSSR count). The van der Waals surface area contributed by atoms with Crippen LogP contribution in [0.25, 0.3) is 0 Å². The number of rotatable bonds is 7. The van der Waals surface area contributed by atoms with Crippen molar-refractivity contribution >= 4 is 0 Å². The van der Waals surface area contributed by atoms with E-state index in [4.69, 9.17) is 9.72 Å². The third kappa shape index (κ3) is 4.03. The Labute approximate surface area is 184 Å². The zero-order valence-corrected chi connectivity index (χ0v) is 18.7. The highest BCUT2D eigenvalue weighted by Crippen LogP contribution is 2.50. The molecule has 1 aromatic carbocycles. The minimum absolute atomic E-state index is 0.00115. The lowest BCUT2D eigenvalue weighted by Crippen LogP contribution is -2.42. The molecule has 3 fully saturated rings. The Balaban J connectivity index is 1.47. The van der Waals surface area contributed by atoms with Crippen molar-refractivity contribution in [1.29, 1.82) is 5.26 Å². The van der Waals surface area contributed by atoms with Gasteiger partial charge in [-0.25, -0.2) is 9.37 Å². The van der Waals surface area contributed by atoms with E-state index in [-0.39, 0.29) is 11.2 Å². The first-order valence-electron chi connectivity index (χ1n) is 11.8. The van der Waals surface area contributed by atoms with Crippen molar-refractivity contribution in [3.8, 4) is 6.07 Å². The van der Waals surface area contributed by atoms with Crippen molar-refractivity contribution in [2.24, 2.45) is 11.8 Å². The summed E-state index contributed by atoms with van der Waals surface area (Å²) >= 11 is 0. The van der Waals surface area contributed by atoms with Crippen LogP contribution in [-0.2, 0) is 22.3 Å². The van der Waals surface area contributed by atoms with Crippen LogP contribution >= 0.6 is 0 Å². The number of hydrogen-bond acceptors (Lipinski definition) is 3. The summed E-state index contributed by atoms with van der Waals surface area (Å²) in [7, 11) is 0. The Morgan fingerprint density at radius 3 is 2.32 bits per heavy atom. The van der Waals surface area contributed by atoms with Crippen molar-refractivity contribution in [1.82, 2.24) is 9.55 Å². The van der Waals surface area contributed by atoms with Crippen LogP contribution in [0.4, 0.5) is 4.39 Å². The van der Waals surface area contributed by atoms with Gasteiger partial charge in [-0.1, -0.05) is 19.1 Å². The lowest BCUT2D eigenvalue weighted by molar-refractivity contribution is -0.0988. The first kappa shape index (κ1) is 20.7. The highest BCUT2D eigenvalue weighted by atomic mass is 19.1. The van der Waals surface area contributed by atoms with Crippen molar-refractivity contribution in [3.63, 3.8) is 0 Å². The molecule has 31 heavy (non-hydrogen) atoms. The molecule has 5 heteroatoms. The summed E-state index contributed by atoms with van der Waals surface area (Å²) in [6.45, 7) is 6.04. The van der Waals surface area contributed by atoms with Gasteiger partial charge in [-0.2, -0.15) is 5.26 Å². The average molecular weight is 422 g/mol. The summed E-state index contributed by atoms with van der Waals surface area (Å²) in [5.74, 6) is 2.15. The Morgan fingerprint density at radius 2 is 1.74 bits per heavy atom. The van der Waals surface area contributed by atoms with E-state index in [0.29, 0.717) is 17.5 Å². The molecule has 0 unspecified atom stereocenters. The van der Waals surface area contributed by atoms with Gasteiger partial charge < -0.3 is 9.30 Å². The van der Waals surface area contributed by atoms with E-state index in [9.17, 15) is 9.65 Å². The highest BCUT2D eigenvalue weighted by molar-refractivity contribution is 5.32. The summed E-state index contributed by atoms with van der Waals surface area (Å²) in [5.41, 5.74) is 2.28. The first-order chi connectivity index (χ1) is 14.9. The maximum atomic E-state index is 13.5. The molecule has 3 saturated carbocycles. The molecular formula is C26H32FN3O. The van der Waals surface area contributed by atoms with Crippen molar-refractivity contribution in [2.45, 2.75) is 82.8 Å². The lowest BCUT2D eigenvalue weighted by Gasteiger charge is -2.45. The molecule has 0 spiro atoms. The van der Waals surface area contributed by atoms with Crippen molar-refractivity contribution in [3.05, 3.63) is 52.9 Å². The Kier molecular flexibility index (Phi) is 5.17. The largest absolute Gasteiger partial charge is 0.367 e. The fourth-order valence-electron chi connectivity index (χ4n) is 5.11. The fraction of sp³-hybridized carbons (Fsp3) is 0.615. The van der Waals surface area contributed by atoms with Crippen molar-refractivity contribution in [2.75, 3.05) is 6.61 Å². The Bertz CT molecular complexity index is 987. The molecule has 0 aliphatic heterocycles. The van der Waals surface area contributed by atoms with Crippen LogP contribution in [0.3, 0.4) is 0 Å². The molecule has 0 saturated heterocycles. The standard InChI is InChI=1S/C26H32FN3O/c1-18-23(15-28)29-24(30(18)16-19-3-4-19)26(31-17-20-5-6-20)13-11-25(2,12-14-26)21-7-9-22(27)10-8-21/h7-10,19-20H,3-6,11-14,16-17H2,1-2H3/t25-,26-. The van der Waals surface area contributed by atoms with Gasteiger partial charge in [-0.05, 0) is 93.2 Å². The third-order valence-electron chi connectivity index (χ3n) is 7.87. The summed E-state index contributed by atoms with van der Waals surface area (Å²) in [6.07, 6.45) is 8.69. The van der Waals surface area contributed by atoms with Gasteiger partial charge in [0.2, 0.25) is 0 Å².